The summed E-state index contributed by atoms with van der Waals surface area (Å²) in [7, 11) is -3.24. The molecule has 0 aromatic carbocycles. The van der Waals surface area contributed by atoms with Crippen molar-refractivity contribution < 1.29 is 8.42 Å². The first-order valence-corrected chi connectivity index (χ1v) is 9.06. The van der Waals surface area contributed by atoms with Crippen LogP contribution in [0, 0.1) is 0 Å². The van der Waals surface area contributed by atoms with Gasteiger partial charge < -0.3 is 10.6 Å². The van der Waals surface area contributed by atoms with Crippen molar-refractivity contribution in [2.24, 2.45) is 5.73 Å². The van der Waals surface area contributed by atoms with Crippen LogP contribution in [0.2, 0.25) is 0 Å². The number of nitrogens with zero attached hydrogens (tertiary/aromatic N) is 2. The number of sulfonamides is 1. The molecule has 21 heavy (non-hydrogen) atoms. The predicted molar refractivity (Wildman–Crippen MR) is 83.4 cm³/mol. The van der Waals surface area contributed by atoms with Gasteiger partial charge in [-0.05, 0) is 38.1 Å². The van der Waals surface area contributed by atoms with Crippen LogP contribution in [-0.2, 0) is 16.4 Å². The van der Waals surface area contributed by atoms with Gasteiger partial charge in [-0.25, -0.2) is 13.1 Å². The second-order valence-corrected chi connectivity index (χ2v) is 7.29. The molecule has 0 unspecified atom stereocenters. The highest BCUT2D eigenvalue weighted by Crippen LogP contribution is 2.11. The topological polar surface area (TPSA) is 88.3 Å². The van der Waals surface area contributed by atoms with Gasteiger partial charge >= 0.3 is 0 Å². The van der Waals surface area contributed by atoms with Crippen molar-refractivity contribution >= 4 is 10.0 Å². The first kappa shape index (κ1) is 16.4. The highest BCUT2D eigenvalue weighted by atomic mass is 32.2. The van der Waals surface area contributed by atoms with E-state index in [1.165, 1.54) is 0 Å². The van der Waals surface area contributed by atoms with Crippen LogP contribution in [0.3, 0.4) is 0 Å². The highest BCUT2D eigenvalue weighted by Gasteiger charge is 2.23. The first-order valence-electron chi connectivity index (χ1n) is 7.41. The molecule has 0 saturated carbocycles. The van der Waals surface area contributed by atoms with E-state index in [-0.39, 0.29) is 11.8 Å². The summed E-state index contributed by atoms with van der Waals surface area (Å²) < 4.78 is 27.0. The minimum atomic E-state index is -3.24. The minimum Gasteiger partial charge on any atom is -0.329 e. The molecule has 0 spiro atoms. The third kappa shape index (κ3) is 5.70. The number of aromatic nitrogens is 1. The van der Waals surface area contributed by atoms with Crippen LogP contribution < -0.4 is 10.5 Å². The summed E-state index contributed by atoms with van der Waals surface area (Å²) in [6, 6.07) is 5.59. The fourth-order valence-electron chi connectivity index (χ4n) is 2.55. The molecule has 1 fully saturated rings. The van der Waals surface area contributed by atoms with Crippen molar-refractivity contribution in [3.63, 3.8) is 0 Å². The fourth-order valence-corrected chi connectivity index (χ4v) is 3.89. The Kier molecular flexibility index (Phi) is 6.10. The van der Waals surface area contributed by atoms with Gasteiger partial charge in [-0.15, -0.1) is 0 Å². The Morgan fingerprint density at radius 3 is 2.71 bits per heavy atom. The number of rotatable bonds is 7. The monoisotopic (exact) mass is 312 g/mol. The van der Waals surface area contributed by atoms with Crippen molar-refractivity contribution in [3.8, 4) is 0 Å². The van der Waals surface area contributed by atoms with Crippen LogP contribution in [0.5, 0.6) is 0 Å². The largest absolute Gasteiger partial charge is 0.329 e. The molecule has 118 valence electrons. The van der Waals surface area contributed by atoms with Crippen molar-refractivity contribution in [3.05, 3.63) is 30.1 Å². The summed E-state index contributed by atoms with van der Waals surface area (Å²) in [5.41, 5.74) is 6.34. The van der Waals surface area contributed by atoms with Gasteiger partial charge in [0.05, 0.1) is 5.75 Å². The second kappa shape index (κ2) is 7.84. The molecule has 0 amide bonds. The van der Waals surface area contributed by atoms with Gasteiger partial charge in [0.25, 0.3) is 0 Å². The molecular formula is C14H24N4O2S. The van der Waals surface area contributed by atoms with E-state index in [9.17, 15) is 8.42 Å². The first-order chi connectivity index (χ1) is 10.1. The summed E-state index contributed by atoms with van der Waals surface area (Å²) in [5, 5.41) is 0. The van der Waals surface area contributed by atoms with Crippen molar-refractivity contribution in [1.29, 1.82) is 0 Å². The smallest absolute Gasteiger partial charge is 0.212 e. The number of nitrogens with one attached hydrogen (secondary N) is 1. The van der Waals surface area contributed by atoms with Crippen LogP contribution in [0.4, 0.5) is 0 Å². The lowest BCUT2D eigenvalue weighted by Gasteiger charge is -2.31. The van der Waals surface area contributed by atoms with Crippen molar-refractivity contribution in [2.45, 2.75) is 25.3 Å². The maximum atomic E-state index is 12.1. The lowest BCUT2D eigenvalue weighted by atomic mass is 10.1. The average Bonchev–Trinajstić information content (AvgIpc) is 2.48. The Balaban J connectivity index is 1.76. The van der Waals surface area contributed by atoms with Gasteiger partial charge in [-0.3, -0.25) is 4.98 Å². The lowest BCUT2D eigenvalue weighted by Crippen LogP contribution is -2.46. The van der Waals surface area contributed by atoms with Crippen LogP contribution in [0.1, 0.15) is 18.5 Å². The summed E-state index contributed by atoms with van der Waals surface area (Å²) in [6.07, 6.45) is 3.83. The Morgan fingerprint density at radius 1 is 1.33 bits per heavy atom. The number of likely N-dealkylation sites (tertiary alicyclic amines) is 1. The van der Waals surface area contributed by atoms with Crippen molar-refractivity contribution in [1.82, 2.24) is 14.6 Å². The Hall–Kier alpha value is -1.02. The van der Waals surface area contributed by atoms with E-state index < -0.39 is 10.0 Å². The Labute approximate surface area is 126 Å². The summed E-state index contributed by atoms with van der Waals surface area (Å²) in [6.45, 7) is 3.36. The molecule has 3 N–H and O–H groups in total. The number of nitrogens with two attached hydrogens (primary N) is 1. The number of piperidine rings is 1. The van der Waals surface area contributed by atoms with E-state index >= 15 is 0 Å². The molecule has 1 saturated heterocycles. The number of aryl methyl sites for hydroxylation is 1. The van der Waals surface area contributed by atoms with Gasteiger partial charge in [-0.2, -0.15) is 0 Å². The zero-order valence-corrected chi connectivity index (χ0v) is 13.1. The quantitative estimate of drug-likeness (QED) is 0.738. The standard InChI is InChI=1S/C14H24N4O2S/c15-7-11-18-9-4-14(5-10-18)17-21(19,20)12-6-13-3-1-2-8-16-13/h1-3,8,14,17H,4-7,9-12,15H2. The number of hydrogen-bond donors (Lipinski definition) is 2. The molecule has 1 aliphatic rings. The maximum absolute atomic E-state index is 12.1. The van der Waals surface area contributed by atoms with Crippen molar-refractivity contribution in [2.75, 3.05) is 31.9 Å². The van der Waals surface area contributed by atoms with Gasteiger partial charge in [-0.1, -0.05) is 6.07 Å². The highest BCUT2D eigenvalue weighted by molar-refractivity contribution is 7.89. The Bertz CT molecular complexity index is 513. The van der Waals surface area contributed by atoms with Gasteiger partial charge in [0.1, 0.15) is 0 Å². The van der Waals surface area contributed by atoms with Crippen LogP contribution >= 0.6 is 0 Å². The summed E-state index contributed by atoms with van der Waals surface area (Å²) >= 11 is 0. The molecule has 1 aliphatic heterocycles. The molecule has 0 aliphatic carbocycles. The third-order valence-electron chi connectivity index (χ3n) is 3.73. The molecule has 0 atom stereocenters. The second-order valence-electron chi connectivity index (χ2n) is 5.41. The summed E-state index contributed by atoms with van der Waals surface area (Å²) in [5.74, 6) is 0.0903. The molecule has 0 radical (unpaired) electrons. The zero-order valence-electron chi connectivity index (χ0n) is 12.2. The molecule has 1 aromatic rings. The van der Waals surface area contributed by atoms with E-state index in [0.29, 0.717) is 13.0 Å². The minimum absolute atomic E-state index is 0.0488. The molecule has 2 heterocycles. The van der Waals surface area contributed by atoms with Crippen LogP contribution in [0.15, 0.2) is 24.4 Å². The molecular weight excluding hydrogens is 288 g/mol. The SMILES string of the molecule is NCCN1CCC(NS(=O)(=O)CCc2ccccn2)CC1. The van der Waals surface area contributed by atoms with Gasteiger partial charge in [0, 0.05) is 37.4 Å². The number of hydrogen-bond acceptors (Lipinski definition) is 5. The average molecular weight is 312 g/mol. The van der Waals surface area contributed by atoms with E-state index in [0.717, 1.165) is 38.2 Å². The van der Waals surface area contributed by atoms with E-state index in [1.807, 2.05) is 18.2 Å². The normalized spacial score (nSPS) is 18.0. The Morgan fingerprint density at radius 2 is 2.10 bits per heavy atom. The number of pyridine rings is 1. The van der Waals surface area contributed by atoms with Crippen LogP contribution in [-0.4, -0.2) is 56.3 Å². The van der Waals surface area contributed by atoms with Gasteiger partial charge in [0.2, 0.25) is 10.0 Å². The zero-order chi connectivity index (χ0) is 15.1. The predicted octanol–water partition coefficient (Wildman–Crippen LogP) is -0.0334. The van der Waals surface area contributed by atoms with E-state index in [1.54, 1.807) is 6.20 Å². The van der Waals surface area contributed by atoms with E-state index in [2.05, 4.69) is 14.6 Å². The fraction of sp³-hybridized carbons (Fsp3) is 0.643. The molecule has 2 rings (SSSR count). The van der Waals surface area contributed by atoms with E-state index in [4.69, 9.17) is 5.73 Å². The molecule has 0 bridgehead atoms. The van der Waals surface area contributed by atoms with Crippen LogP contribution in [0.25, 0.3) is 0 Å². The lowest BCUT2D eigenvalue weighted by molar-refractivity contribution is 0.212. The molecule has 6 nitrogen and oxygen atoms in total. The third-order valence-corrected chi connectivity index (χ3v) is 5.17. The summed E-state index contributed by atoms with van der Waals surface area (Å²) in [4.78, 5) is 6.42. The molecule has 1 aromatic heterocycles. The maximum Gasteiger partial charge on any atom is 0.212 e. The van der Waals surface area contributed by atoms with Gasteiger partial charge in [0.15, 0.2) is 0 Å². The molecule has 7 heteroatoms.